The zero-order valence-electron chi connectivity index (χ0n) is 12.7. The van der Waals surface area contributed by atoms with Gasteiger partial charge in [0, 0.05) is 66.1 Å². The predicted octanol–water partition coefficient (Wildman–Crippen LogP) is 0.589. The Hall–Kier alpha value is -1.22. The number of aryl methyl sites for hydroxylation is 1. The van der Waals surface area contributed by atoms with Gasteiger partial charge in [0.15, 0.2) is 0 Å². The van der Waals surface area contributed by atoms with E-state index < -0.39 is 10.8 Å². The van der Waals surface area contributed by atoms with Gasteiger partial charge in [-0.05, 0) is 19.8 Å². The molecule has 0 bridgehead atoms. The van der Waals surface area contributed by atoms with E-state index in [1.165, 1.54) is 11.5 Å². The van der Waals surface area contributed by atoms with Gasteiger partial charge in [-0.15, -0.1) is 0 Å². The Balaban J connectivity index is 1.53. The number of amides is 2. The van der Waals surface area contributed by atoms with Crippen molar-refractivity contribution in [1.29, 1.82) is 0 Å². The van der Waals surface area contributed by atoms with Crippen molar-refractivity contribution < 1.29 is 9.00 Å². The molecule has 1 N–H and O–H groups in total. The van der Waals surface area contributed by atoms with E-state index in [-0.39, 0.29) is 12.1 Å². The molecule has 122 valence electrons. The summed E-state index contributed by atoms with van der Waals surface area (Å²) in [5.41, 5.74) is 0. The van der Waals surface area contributed by atoms with Crippen molar-refractivity contribution in [1.82, 2.24) is 19.6 Å². The first-order chi connectivity index (χ1) is 10.6. The molecule has 1 aromatic rings. The minimum absolute atomic E-state index is 0.0285. The van der Waals surface area contributed by atoms with E-state index in [9.17, 15) is 9.00 Å². The van der Waals surface area contributed by atoms with Crippen molar-refractivity contribution in [3.63, 3.8) is 0 Å². The molecular formula is C13H21N5O2S2. The Bertz CT molecular complexity index is 564. The van der Waals surface area contributed by atoms with Gasteiger partial charge in [-0.25, -0.2) is 9.78 Å². The van der Waals surface area contributed by atoms with Gasteiger partial charge in [0.05, 0.1) is 0 Å². The Kier molecular flexibility index (Phi) is 4.92. The Morgan fingerprint density at radius 3 is 2.91 bits per heavy atom. The average Bonchev–Trinajstić information content (AvgIpc) is 3.00. The Labute approximate surface area is 136 Å². The summed E-state index contributed by atoms with van der Waals surface area (Å²) >= 11 is 1.41. The molecule has 22 heavy (non-hydrogen) atoms. The maximum Gasteiger partial charge on any atom is 0.317 e. The lowest BCUT2D eigenvalue weighted by Gasteiger charge is -2.23. The van der Waals surface area contributed by atoms with Gasteiger partial charge >= 0.3 is 6.03 Å². The lowest BCUT2D eigenvalue weighted by molar-refractivity contribution is 0.198. The number of urea groups is 1. The van der Waals surface area contributed by atoms with Gasteiger partial charge in [0.1, 0.15) is 5.82 Å². The molecule has 2 fully saturated rings. The second-order valence-corrected chi connectivity index (χ2v) is 8.05. The molecule has 0 spiro atoms. The lowest BCUT2D eigenvalue weighted by atomic mass is 10.3. The van der Waals surface area contributed by atoms with E-state index in [2.05, 4.69) is 19.6 Å². The second-order valence-electron chi connectivity index (χ2n) is 5.70. The van der Waals surface area contributed by atoms with Crippen LogP contribution in [0.15, 0.2) is 0 Å². The Morgan fingerprint density at radius 2 is 2.23 bits per heavy atom. The molecule has 0 aromatic carbocycles. The quantitative estimate of drug-likeness (QED) is 0.850. The minimum Gasteiger partial charge on any atom is -0.345 e. The van der Waals surface area contributed by atoms with Crippen LogP contribution < -0.4 is 10.2 Å². The van der Waals surface area contributed by atoms with Crippen molar-refractivity contribution in [2.24, 2.45) is 0 Å². The van der Waals surface area contributed by atoms with Crippen molar-refractivity contribution >= 4 is 33.5 Å². The smallest absolute Gasteiger partial charge is 0.317 e. The summed E-state index contributed by atoms with van der Waals surface area (Å²) in [6.07, 6.45) is 1.74. The molecule has 0 aliphatic carbocycles. The first-order valence-corrected chi connectivity index (χ1v) is 9.83. The third-order valence-electron chi connectivity index (χ3n) is 3.98. The highest BCUT2D eigenvalue weighted by molar-refractivity contribution is 7.85. The number of aromatic nitrogens is 2. The lowest BCUT2D eigenvalue weighted by Crippen LogP contribution is -2.46. The first-order valence-electron chi connectivity index (χ1n) is 7.57. The van der Waals surface area contributed by atoms with Gasteiger partial charge in [-0.3, -0.25) is 4.21 Å². The fourth-order valence-electron chi connectivity index (χ4n) is 2.77. The molecule has 0 radical (unpaired) electrons. The molecule has 0 unspecified atom stereocenters. The molecule has 2 saturated heterocycles. The minimum atomic E-state index is -0.761. The van der Waals surface area contributed by atoms with E-state index >= 15 is 0 Å². The number of nitrogens with one attached hydrogen (secondary N) is 1. The topological polar surface area (TPSA) is 78.4 Å². The van der Waals surface area contributed by atoms with Crippen molar-refractivity contribution in [3.05, 3.63) is 5.82 Å². The molecule has 7 nitrogen and oxygen atoms in total. The number of nitrogens with zero attached hydrogens (tertiary/aromatic N) is 4. The molecule has 1 aromatic heterocycles. The number of hydrogen-bond donors (Lipinski definition) is 1. The molecule has 2 atom stereocenters. The second kappa shape index (κ2) is 6.91. The van der Waals surface area contributed by atoms with Gasteiger partial charge in [0.2, 0.25) is 5.13 Å². The van der Waals surface area contributed by atoms with Crippen LogP contribution in [0.1, 0.15) is 18.7 Å². The molecule has 0 saturated carbocycles. The molecule has 3 rings (SSSR count). The fourth-order valence-corrected chi connectivity index (χ4v) is 4.91. The van der Waals surface area contributed by atoms with Crippen molar-refractivity contribution in [3.8, 4) is 0 Å². The Morgan fingerprint density at radius 1 is 1.36 bits per heavy atom. The maximum atomic E-state index is 12.3. The summed E-state index contributed by atoms with van der Waals surface area (Å²) < 4.78 is 15.6. The molecule has 3 heterocycles. The summed E-state index contributed by atoms with van der Waals surface area (Å²) in [4.78, 5) is 20.8. The van der Waals surface area contributed by atoms with Gasteiger partial charge in [-0.2, -0.15) is 4.37 Å². The van der Waals surface area contributed by atoms with Crippen LogP contribution >= 0.6 is 11.5 Å². The molecular weight excluding hydrogens is 322 g/mol. The van der Waals surface area contributed by atoms with Crippen molar-refractivity contribution in [2.45, 2.75) is 25.8 Å². The summed E-state index contributed by atoms with van der Waals surface area (Å²) in [6, 6.07) is 0.0395. The molecule has 2 aliphatic heterocycles. The molecule has 9 heteroatoms. The SMILES string of the molecule is Cc1nsc(N2CCCN(C(=O)N[C@H]3CC[S@](=O)C3)CC2)n1. The van der Waals surface area contributed by atoms with Crippen LogP contribution in [-0.4, -0.2) is 68.2 Å². The van der Waals surface area contributed by atoms with E-state index in [1.807, 2.05) is 11.8 Å². The van der Waals surface area contributed by atoms with Gasteiger partial charge in [-0.1, -0.05) is 0 Å². The summed E-state index contributed by atoms with van der Waals surface area (Å²) in [5.74, 6) is 2.10. The van der Waals surface area contributed by atoms with Crippen LogP contribution in [-0.2, 0) is 10.8 Å². The zero-order chi connectivity index (χ0) is 15.5. The number of carbonyl (C=O) groups is 1. The standard InChI is InChI=1S/C13H21N5O2S2/c1-10-14-13(21-16-10)18-5-2-4-17(6-7-18)12(19)15-11-3-8-22(20)9-11/h11H,2-9H2,1H3,(H,15,19)/t11-,22-/m0/s1. The van der Waals surface area contributed by atoms with Gasteiger partial charge in [0.25, 0.3) is 0 Å². The van der Waals surface area contributed by atoms with E-state index in [0.29, 0.717) is 18.1 Å². The predicted molar refractivity (Wildman–Crippen MR) is 87.9 cm³/mol. The number of anilines is 1. The highest BCUT2D eigenvalue weighted by atomic mass is 32.2. The van der Waals surface area contributed by atoms with Crippen LogP contribution in [0.2, 0.25) is 0 Å². The highest BCUT2D eigenvalue weighted by Crippen LogP contribution is 2.19. The zero-order valence-corrected chi connectivity index (χ0v) is 14.3. The molecule has 2 aliphatic rings. The number of rotatable bonds is 2. The summed E-state index contributed by atoms with van der Waals surface area (Å²) in [7, 11) is -0.761. The van der Waals surface area contributed by atoms with E-state index in [0.717, 1.165) is 43.4 Å². The molecule has 2 amide bonds. The fraction of sp³-hybridized carbons (Fsp3) is 0.769. The summed E-state index contributed by atoms with van der Waals surface area (Å²) in [6.45, 7) is 4.99. The van der Waals surface area contributed by atoms with Crippen LogP contribution in [0, 0.1) is 6.92 Å². The van der Waals surface area contributed by atoms with E-state index in [4.69, 9.17) is 0 Å². The van der Waals surface area contributed by atoms with Crippen LogP contribution in [0.4, 0.5) is 9.93 Å². The summed E-state index contributed by atoms with van der Waals surface area (Å²) in [5, 5.41) is 3.95. The highest BCUT2D eigenvalue weighted by Gasteiger charge is 2.26. The van der Waals surface area contributed by atoms with Gasteiger partial charge < -0.3 is 15.1 Å². The van der Waals surface area contributed by atoms with Crippen molar-refractivity contribution in [2.75, 3.05) is 42.6 Å². The number of carbonyl (C=O) groups excluding carboxylic acids is 1. The first kappa shape index (κ1) is 15.7. The largest absolute Gasteiger partial charge is 0.345 e. The third kappa shape index (κ3) is 3.75. The normalized spacial score (nSPS) is 26.0. The van der Waals surface area contributed by atoms with Crippen LogP contribution in [0.5, 0.6) is 0 Å². The average molecular weight is 343 g/mol. The maximum absolute atomic E-state index is 12.3. The van der Waals surface area contributed by atoms with E-state index in [1.54, 1.807) is 0 Å². The number of hydrogen-bond acceptors (Lipinski definition) is 6. The third-order valence-corrected chi connectivity index (χ3v) is 6.31. The monoisotopic (exact) mass is 343 g/mol. The van der Waals surface area contributed by atoms with Crippen LogP contribution in [0.3, 0.4) is 0 Å². The van der Waals surface area contributed by atoms with Crippen LogP contribution in [0.25, 0.3) is 0 Å².